The van der Waals surface area contributed by atoms with Gasteiger partial charge in [-0.15, -0.1) is 0 Å². The Morgan fingerprint density at radius 3 is 2.48 bits per heavy atom. The van der Waals surface area contributed by atoms with Gasteiger partial charge in [0.1, 0.15) is 6.04 Å². The molecule has 0 radical (unpaired) electrons. The summed E-state index contributed by atoms with van der Waals surface area (Å²) in [6.07, 6.45) is 0.871. The van der Waals surface area contributed by atoms with Gasteiger partial charge >= 0.3 is 11.9 Å². The zero-order chi connectivity index (χ0) is 16.0. The quantitative estimate of drug-likeness (QED) is 0.276. The summed E-state index contributed by atoms with van der Waals surface area (Å²) in [4.78, 5) is 39.9. The van der Waals surface area contributed by atoms with Crippen LogP contribution in [0.5, 0.6) is 0 Å². The molecule has 0 fully saturated rings. The molecule has 1 aromatic heterocycles. The van der Waals surface area contributed by atoms with Gasteiger partial charge in [0.2, 0.25) is 5.91 Å². The molecule has 116 valence electrons. The number of aliphatic hydroxyl groups excluding tert-OH is 1. The number of aromatic nitrogens is 2. The maximum Gasteiger partial charge on any atom is 0.332 e. The summed E-state index contributed by atoms with van der Waals surface area (Å²) in [5.74, 6) is -3.31. The number of nitrogens with one attached hydrogen (secondary N) is 2. The SMILES string of the molecule is O=C(N[C@@H](Cc1cnc[nH]1)C(=O)O)C(I)C[C@@H](O)C(=O)O. The number of aromatic amines is 1. The van der Waals surface area contributed by atoms with Gasteiger partial charge in [0.15, 0.2) is 6.10 Å². The minimum atomic E-state index is -1.67. The standard InChI is InChI=1S/C11H14IN3O6/c12-6(2-8(16)11(20)21)9(17)15-7(10(18)19)1-5-3-13-4-14-5/h3-4,6-8,16H,1-2H2,(H,13,14)(H,15,17)(H,18,19)(H,20,21)/t6?,7-,8+/m0/s1. The van der Waals surface area contributed by atoms with Crippen molar-refractivity contribution in [2.45, 2.75) is 28.9 Å². The third kappa shape index (κ3) is 5.67. The van der Waals surface area contributed by atoms with Crippen LogP contribution in [0.4, 0.5) is 0 Å². The number of carboxylic acid groups (broad SMARTS) is 2. The topological polar surface area (TPSA) is 153 Å². The number of alkyl halides is 1. The molecule has 0 aromatic carbocycles. The Balaban J connectivity index is 2.60. The second-order valence-electron chi connectivity index (χ2n) is 4.24. The normalized spacial score (nSPS) is 15.0. The maximum atomic E-state index is 11.8. The van der Waals surface area contributed by atoms with E-state index >= 15 is 0 Å². The minimum Gasteiger partial charge on any atom is -0.480 e. The van der Waals surface area contributed by atoms with Crippen molar-refractivity contribution in [1.82, 2.24) is 15.3 Å². The summed E-state index contributed by atoms with van der Waals surface area (Å²) in [6.45, 7) is 0. The first-order valence-electron chi connectivity index (χ1n) is 5.86. The molecule has 1 heterocycles. The highest BCUT2D eigenvalue weighted by Crippen LogP contribution is 2.11. The van der Waals surface area contributed by atoms with Crippen LogP contribution >= 0.6 is 22.6 Å². The monoisotopic (exact) mass is 411 g/mol. The van der Waals surface area contributed by atoms with Crippen molar-refractivity contribution in [3.63, 3.8) is 0 Å². The van der Waals surface area contributed by atoms with Crippen LogP contribution in [0.15, 0.2) is 12.5 Å². The summed E-state index contributed by atoms with van der Waals surface area (Å²) >= 11 is 1.65. The van der Waals surface area contributed by atoms with Crippen molar-refractivity contribution in [2.75, 3.05) is 0 Å². The third-order valence-corrected chi connectivity index (χ3v) is 3.67. The van der Waals surface area contributed by atoms with E-state index in [4.69, 9.17) is 10.2 Å². The first-order chi connectivity index (χ1) is 9.81. The lowest BCUT2D eigenvalue weighted by Gasteiger charge is -2.17. The molecule has 1 amide bonds. The smallest absolute Gasteiger partial charge is 0.332 e. The largest absolute Gasteiger partial charge is 0.480 e. The summed E-state index contributed by atoms with van der Waals surface area (Å²) in [6, 6.07) is -1.17. The molecule has 0 aliphatic rings. The van der Waals surface area contributed by atoms with Gasteiger partial charge in [-0.25, -0.2) is 14.6 Å². The number of amides is 1. The van der Waals surface area contributed by atoms with E-state index in [9.17, 15) is 19.5 Å². The molecule has 1 aromatic rings. The molecule has 3 atom stereocenters. The summed E-state index contributed by atoms with van der Waals surface area (Å²) in [5, 5.41) is 29.1. The van der Waals surface area contributed by atoms with Crippen LogP contribution in [-0.4, -0.2) is 59.2 Å². The average Bonchev–Trinajstić information content (AvgIpc) is 2.90. The molecule has 0 spiro atoms. The lowest BCUT2D eigenvalue weighted by molar-refractivity contribution is -0.147. The Morgan fingerprint density at radius 2 is 2.00 bits per heavy atom. The highest BCUT2D eigenvalue weighted by molar-refractivity contribution is 14.1. The predicted molar refractivity (Wildman–Crippen MR) is 77.9 cm³/mol. The first-order valence-corrected chi connectivity index (χ1v) is 7.11. The zero-order valence-electron chi connectivity index (χ0n) is 10.7. The van der Waals surface area contributed by atoms with Crippen LogP contribution in [0.25, 0.3) is 0 Å². The molecule has 1 unspecified atom stereocenters. The van der Waals surface area contributed by atoms with E-state index in [0.717, 1.165) is 0 Å². The number of hydrogen-bond donors (Lipinski definition) is 5. The van der Waals surface area contributed by atoms with Crippen molar-refractivity contribution in [2.24, 2.45) is 0 Å². The molecule has 1 rings (SSSR count). The minimum absolute atomic E-state index is 0.0198. The van der Waals surface area contributed by atoms with E-state index in [1.807, 2.05) is 0 Å². The van der Waals surface area contributed by atoms with Crippen LogP contribution in [0, 0.1) is 0 Å². The molecule has 0 aliphatic heterocycles. The van der Waals surface area contributed by atoms with Gasteiger partial charge < -0.3 is 25.6 Å². The number of imidazole rings is 1. The Kier molecular flexibility index (Phi) is 6.55. The zero-order valence-corrected chi connectivity index (χ0v) is 12.9. The van der Waals surface area contributed by atoms with Crippen molar-refractivity contribution >= 4 is 40.4 Å². The molecule has 5 N–H and O–H groups in total. The number of nitrogens with zero attached hydrogens (tertiary/aromatic N) is 1. The van der Waals surface area contributed by atoms with E-state index in [1.165, 1.54) is 12.5 Å². The van der Waals surface area contributed by atoms with Crippen molar-refractivity contribution < 1.29 is 29.7 Å². The fourth-order valence-corrected chi connectivity index (χ4v) is 2.14. The number of H-pyrrole nitrogens is 1. The summed E-state index contributed by atoms with van der Waals surface area (Å²) in [5.41, 5.74) is 0.540. The van der Waals surface area contributed by atoms with Gasteiger partial charge in [-0.1, -0.05) is 22.6 Å². The Morgan fingerprint density at radius 1 is 1.33 bits per heavy atom. The van der Waals surface area contributed by atoms with Crippen LogP contribution < -0.4 is 5.32 Å². The molecule has 21 heavy (non-hydrogen) atoms. The number of carbonyl (C=O) groups is 3. The number of rotatable bonds is 8. The van der Waals surface area contributed by atoms with E-state index in [0.29, 0.717) is 5.69 Å². The molecule has 10 heteroatoms. The first kappa shape index (κ1) is 17.4. The summed E-state index contributed by atoms with van der Waals surface area (Å²) in [7, 11) is 0. The van der Waals surface area contributed by atoms with E-state index in [-0.39, 0.29) is 12.8 Å². The number of aliphatic carboxylic acids is 2. The molecular formula is C11H14IN3O6. The van der Waals surface area contributed by atoms with Crippen molar-refractivity contribution in [3.8, 4) is 0 Å². The molecule has 0 saturated heterocycles. The van der Waals surface area contributed by atoms with Crippen molar-refractivity contribution in [3.05, 3.63) is 18.2 Å². The Hall–Kier alpha value is -1.69. The Bertz CT molecular complexity index is 506. The van der Waals surface area contributed by atoms with Gasteiger partial charge in [0, 0.05) is 24.7 Å². The fraction of sp³-hybridized carbons (Fsp3) is 0.455. The fourth-order valence-electron chi connectivity index (χ4n) is 1.48. The molecule has 0 saturated carbocycles. The number of aliphatic hydroxyl groups is 1. The molecular weight excluding hydrogens is 397 g/mol. The predicted octanol–water partition coefficient (Wildman–Crippen LogP) is -0.839. The second-order valence-corrected chi connectivity index (χ2v) is 5.74. The number of carbonyl (C=O) groups excluding carboxylic acids is 1. The van der Waals surface area contributed by atoms with Crippen LogP contribution in [-0.2, 0) is 20.8 Å². The van der Waals surface area contributed by atoms with E-state index in [2.05, 4.69) is 15.3 Å². The highest BCUT2D eigenvalue weighted by atomic mass is 127. The van der Waals surface area contributed by atoms with E-state index in [1.54, 1.807) is 22.6 Å². The number of hydrogen-bond acceptors (Lipinski definition) is 5. The van der Waals surface area contributed by atoms with Crippen LogP contribution in [0.1, 0.15) is 12.1 Å². The third-order valence-electron chi connectivity index (χ3n) is 2.59. The lowest BCUT2D eigenvalue weighted by Crippen LogP contribution is -2.46. The van der Waals surface area contributed by atoms with E-state index < -0.39 is 33.9 Å². The van der Waals surface area contributed by atoms with Gasteiger partial charge in [-0.2, -0.15) is 0 Å². The molecule has 0 aliphatic carbocycles. The van der Waals surface area contributed by atoms with Gasteiger partial charge in [-0.3, -0.25) is 4.79 Å². The highest BCUT2D eigenvalue weighted by Gasteiger charge is 2.27. The number of carboxylic acids is 2. The maximum absolute atomic E-state index is 11.8. The lowest BCUT2D eigenvalue weighted by atomic mass is 10.1. The Labute approximate surface area is 132 Å². The van der Waals surface area contributed by atoms with Crippen LogP contribution in [0.3, 0.4) is 0 Å². The van der Waals surface area contributed by atoms with Gasteiger partial charge in [-0.05, 0) is 0 Å². The van der Waals surface area contributed by atoms with Crippen LogP contribution in [0.2, 0.25) is 0 Å². The second kappa shape index (κ2) is 7.93. The average molecular weight is 411 g/mol. The molecule has 0 bridgehead atoms. The molecule has 9 nitrogen and oxygen atoms in total. The van der Waals surface area contributed by atoms with Gasteiger partial charge in [0.05, 0.1) is 10.3 Å². The van der Waals surface area contributed by atoms with Gasteiger partial charge in [0.25, 0.3) is 0 Å². The summed E-state index contributed by atoms with van der Waals surface area (Å²) < 4.78 is -0.864. The number of halogens is 1. The van der Waals surface area contributed by atoms with Crippen molar-refractivity contribution in [1.29, 1.82) is 0 Å².